The van der Waals surface area contributed by atoms with Gasteiger partial charge in [0.15, 0.2) is 0 Å². The van der Waals surface area contributed by atoms with Gasteiger partial charge in [-0.05, 0) is 24.7 Å². The van der Waals surface area contributed by atoms with Crippen LogP contribution in [-0.2, 0) is 6.42 Å². The lowest BCUT2D eigenvalue weighted by atomic mass is 9.84. The summed E-state index contributed by atoms with van der Waals surface area (Å²) in [6, 6.07) is 0. The molecule has 1 saturated heterocycles. The minimum atomic E-state index is -0.0404. The molecule has 0 radical (unpaired) electrons. The van der Waals surface area contributed by atoms with Gasteiger partial charge in [-0.3, -0.25) is 9.89 Å². The van der Waals surface area contributed by atoms with Crippen LogP contribution < -0.4 is 0 Å². The third-order valence-corrected chi connectivity index (χ3v) is 3.40. The molecule has 1 aromatic heterocycles. The van der Waals surface area contributed by atoms with E-state index in [2.05, 4.69) is 36.0 Å². The molecule has 0 saturated carbocycles. The first kappa shape index (κ1) is 13.1. The van der Waals surface area contributed by atoms with E-state index in [9.17, 15) is 4.79 Å². The molecule has 1 aliphatic heterocycles. The number of carbonyl (C=O) groups is 1. The summed E-state index contributed by atoms with van der Waals surface area (Å²) in [5.74, 6) is 1.08. The molecule has 1 aliphatic rings. The SMILES string of the molecule is CCCc1nc(C(=O)N2CCCC(C)(C)C2)n[nH]1. The van der Waals surface area contributed by atoms with Gasteiger partial charge in [0.1, 0.15) is 5.82 Å². The number of aromatic nitrogens is 3. The molecule has 2 heterocycles. The lowest BCUT2D eigenvalue weighted by Gasteiger charge is -2.37. The van der Waals surface area contributed by atoms with Gasteiger partial charge >= 0.3 is 0 Å². The fourth-order valence-electron chi connectivity index (χ4n) is 2.48. The lowest BCUT2D eigenvalue weighted by Crippen LogP contribution is -2.43. The zero-order chi connectivity index (χ0) is 13.2. The first-order valence-corrected chi connectivity index (χ1v) is 6.72. The van der Waals surface area contributed by atoms with Crippen molar-refractivity contribution in [2.45, 2.75) is 46.5 Å². The molecule has 5 nitrogen and oxygen atoms in total. The van der Waals surface area contributed by atoms with Crippen molar-refractivity contribution in [2.24, 2.45) is 5.41 Å². The van der Waals surface area contributed by atoms with Crippen LogP contribution in [-0.4, -0.2) is 39.1 Å². The molecule has 0 aliphatic carbocycles. The molecule has 0 atom stereocenters. The molecular weight excluding hydrogens is 228 g/mol. The molecule has 1 amide bonds. The van der Waals surface area contributed by atoms with Gasteiger partial charge in [-0.25, -0.2) is 4.98 Å². The number of rotatable bonds is 3. The maximum absolute atomic E-state index is 12.3. The molecule has 1 aromatic rings. The second kappa shape index (κ2) is 5.08. The van der Waals surface area contributed by atoms with Crippen LogP contribution in [0.3, 0.4) is 0 Å². The Bertz CT molecular complexity index is 424. The van der Waals surface area contributed by atoms with E-state index < -0.39 is 0 Å². The number of nitrogens with one attached hydrogen (secondary N) is 1. The standard InChI is InChI=1S/C13H22N4O/c1-4-6-10-14-11(16-15-10)12(18)17-8-5-7-13(2,3)9-17/h4-9H2,1-3H3,(H,14,15,16). The van der Waals surface area contributed by atoms with Crippen molar-refractivity contribution in [2.75, 3.05) is 13.1 Å². The Labute approximate surface area is 108 Å². The number of aryl methyl sites for hydroxylation is 1. The molecule has 18 heavy (non-hydrogen) atoms. The lowest BCUT2D eigenvalue weighted by molar-refractivity contribution is 0.0571. The summed E-state index contributed by atoms with van der Waals surface area (Å²) < 4.78 is 0. The highest BCUT2D eigenvalue weighted by Crippen LogP contribution is 2.28. The van der Waals surface area contributed by atoms with Gasteiger partial charge in [0.2, 0.25) is 5.82 Å². The van der Waals surface area contributed by atoms with Gasteiger partial charge in [-0.2, -0.15) is 0 Å². The molecule has 0 spiro atoms. The number of nitrogens with zero attached hydrogens (tertiary/aromatic N) is 3. The van der Waals surface area contributed by atoms with Gasteiger partial charge in [-0.15, -0.1) is 5.10 Å². The maximum Gasteiger partial charge on any atom is 0.293 e. The largest absolute Gasteiger partial charge is 0.335 e. The number of hydrogen-bond acceptors (Lipinski definition) is 3. The molecule has 5 heteroatoms. The topological polar surface area (TPSA) is 61.9 Å². The zero-order valence-corrected chi connectivity index (χ0v) is 11.5. The molecule has 0 aromatic carbocycles. The quantitative estimate of drug-likeness (QED) is 0.892. The fourth-order valence-corrected chi connectivity index (χ4v) is 2.48. The van der Waals surface area contributed by atoms with Gasteiger partial charge in [0, 0.05) is 19.5 Å². The molecule has 100 valence electrons. The van der Waals surface area contributed by atoms with Crippen LogP contribution in [0.25, 0.3) is 0 Å². The average molecular weight is 250 g/mol. The Kier molecular flexibility index (Phi) is 3.68. The van der Waals surface area contributed by atoms with Gasteiger partial charge in [0.25, 0.3) is 5.91 Å². The second-order valence-electron chi connectivity index (χ2n) is 5.85. The Morgan fingerprint density at radius 2 is 2.28 bits per heavy atom. The van der Waals surface area contributed by atoms with Crippen molar-refractivity contribution in [1.82, 2.24) is 20.1 Å². The van der Waals surface area contributed by atoms with Crippen LogP contribution in [0.2, 0.25) is 0 Å². The zero-order valence-electron chi connectivity index (χ0n) is 11.5. The molecule has 1 N–H and O–H groups in total. The van der Waals surface area contributed by atoms with Crippen LogP contribution in [0.5, 0.6) is 0 Å². The summed E-state index contributed by atoms with van der Waals surface area (Å²) in [5.41, 5.74) is 0.205. The van der Waals surface area contributed by atoms with Crippen LogP contribution in [0.15, 0.2) is 0 Å². The van der Waals surface area contributed by atoms with Crippen molar-refractivity contribution in [3.05, 3.63) is 11.6 Å². The minimum Gasteiger partial charge on any atom is -0.335 e. The molecule has 0 bridgehead atoms. The summed E-state index contributed by atoms with van der Waals surface area (Å²) in [5, 5.41) is 6.87. The van der Waals surface area contributed by atoms with Crippen molar-refractivity contribution in [3.63, 3.8) is 0 Å². The molecular formula is C13H22N4O. The van der Waals surface area contributed by atoms with Crippen molar-refractivity contribution in [3.8, 4) is 0 Å². The fraction of sp³-hybridized carbons (Fsp3) is 0.769. The Morgan fingerprint density at radius 1 is 1.50 bits per heavy atom. The van der Waals surface area contributed by atoms with Crippen LogP contribution in [0.4, 0.5) is 0 Å². The highest BCUT2D eigenvalue weighted by atomic mass is 16.2. The summed E-state index contributed by atoms with van der Waals surface area (Å²) in [4.78, 5) is 18.4. The average Bonchev–Trinajstić information content (AvgIpc) is 2.76. The number of piperidine rings is 1. The smallest absolute Gasteiger partial charge is 0.293 e. The van der Waals surface area contributed by atoms with Gasteiger partial charge in [-0.1, -0.05) is 20.8 Å². The minimum absolute atomic E-state index is 0.0404. The van der Waals surface area contributed by atoms with E-state index in [1.807, 2.05) is 4.90 Å². The highest BCUT2D eigenvalue weighted by Gasteiger charge is 2.31. The highest BCUT2D eigenvalue weighted by molar-refractivity contribution is 5.90. The normalized spacial score (nSPS) is 18.9. The number of hydrogen-bond donors (Lipinski definition) is 1. The first-order valence-electron chi connectivity index (χ1n) is 6.72. The molecule has 1 fully saturated rings. The summed E-state index contributed by atoms with van der Waals surface area (Å²) in [6.07, 6.45) is 4.07. The number of carbonyl (C=O) groups excluding carboxylic acids is 1. The van der Waals surface area contributed by atoms with Gasteiger partial charge < -0.3 is 4.90 Å². The maximum atomic E-state index is 12.3. The predicted octanol–water partition coefficient (Wildman–Crippen LogP) is 2.02. The van der Waals surface area contributed by atoms with E-state index in [1.54, 1.807) is 0 Å². The van der Waals surface area contributed by atoms with Crippen molar-refractivity contribution >= 4 is 5.91 Å². The van der Waals surface area contributed by atoms with Crippen LogP contribution >= 0.6 is 0 Å². The van der Waals surface area contributed by atoms with E-state index in [-0.39, 0.29) is 11.3 Å². The van der Waals surface area contributed by atoms with E-state index in [0.717, 1.165) is 38.2 Å². The Morgan fingerprint density at radius 3 is 2.94 bits per heavy atom. The van der Waals surface area contributed by atoms with E-state index in [1.165, 1.54) is 6.42 Å². The first-order chi connectivity index (χ1) is 8.52. The van der Waals surface area contributed by atoms with Crippen molar-refractivity contribution in [1.29, 1.82) is 0 Å². The monoisotopic (exact) mass is 250 g/mol. The summed E-state index contributed by atoms with van der Waals surface area (Å²) in [7, 11) is 0. The second-order valence-corrected chi connectivity index (χ2v) is 5.85. The molecule has 2 rings (SSSR count). The van der Waals surface area contributed by atoms with E-state index >= 15 is 0 Å². The number of H-pyrrole nitrogens is 1. The third kappa shape index (κ3) is 2.89. The third-order valence-electron chi connectivity index (χ3n) is 3.40. The number of likely N-dealkylation sites (tertiary alicyclic amines) is 1. The van der Waals surface area contributed by atoms with Gasteiger partial charge in [0.05, 0.1) is 0 Å². The van der Waals surface area contributed by atoms with Crippen LogP contribution in [0.1, 0.15) is 56.5 Å². The summed E-state index contributed by atoms with van der Waals surface area (Å²) >= 11 is 0. The Balaban J connectivity index is 2.05. The predicted molar refractivity (Wildman–Crippen MR) is 69.3 cm³/mol. The summed E-state index contributed by atoms with van der Waals surface area (Å²) in [6.45, 7) is 8.10. The molecule has 0 unspecified atom stereocenters. The van der Waals surface area contributed by atoms with Crippen LogP contribution in [0, 0.1) is 5.41 Å². The number of amides is 1. The van der Waals surface area contributed by atoms with Crippen molar-refractivity contribution < 1.29 is 4.79 Å². The van der Waals surface area contributed by atoms with E-state index in [4.69, 9.17) is 0 Å². The number of aromatic amines is 1. The van der Waals surface area contributed by atoms with E-state index in [0.29, 0.717) is 5.82 Å². The Hall–Kier alpha value is -1.39.